The fourth-order valence-electron chi connectivity index (χ4n) is 1.97. The highest BCUT2D eigenvalue weighted by atomic mass is 79.9. The molecule has 1 aromatic heterocycles. The molecule has 5 nitrogen and oxygen atoms in total. The minimum absolute atomic E-state index is 0.136. The van der Waals surface area contributed by atoms with Gasteiger partial charge >= 0.3 is 0 Å². The fraction of sp³-hybridized carbons (Fsp3) is 0. The predicted octanol–water partition coefficient (Wildman–Crippen LogP) is 4.37. The summed E-state index contributed by atoms with van der Waals surface area (Å²) in [7, 11) is 0. The topological polar surface area (TPSA) is 66.9 Å². The third kappa shape index (κ3) is 3.94. The Bertz CT molecular complexity index is 870. The Labute approximate surface area is 146 Å². The Morgan fingerprint density at radius 1 is 1.04 bits per heavy atom. The lowest BCUT2D eigenvalue weighted by Gasteiger charge is -2.08. The van der Waals surface area contributed by atoms with Crippen LogP contribution in [-0.2, 0) is 0 Å². The van der Waals surface area contributed by atoms with Crippen molar-refractivity contribution in [3.63, 3.8) is 0 Å². The van der Waals surface area contributed by atoms with Crippen LogP contribution in [0.25, 0.3) is 0 Å². The number of benzene rings is 2. The Morgan fingerprint density at radius 2 is 1.88 bits per heavy atom. The SMILES string of the molecule is O=C(Nc1cccc(F)c1)c1cnc(Nc2ccccc2Br)cn1. The fourth-order valence-corrected chi connectivity index (χ4v) is 2.36. The first-order chi connectivity index (χ1) is 11.6. The lowest BCUT2D eigenvalue weighted by Crippen LogP contribution is -2.14. The van der Waals surface area contributed by atoms with Crippen LogP contribution < -0.4 is 10.6 Å². The van der Waals surface area contributed by atoms with Gasteiger partial charge in [-0.15, -0.1) is 0 Å². The molecule has 0 aliphatic heterocycles. The molecule has 0 spiro atoms. The highest BCUT2D eigenvalue weighted by molar-refractivity contribution is 9.10. The molecule has 0 radical (unpaired) electrons. The third-order valence-corrected chi connectivity index (χ3v) is 3.80. The molecule has 3 aromatic rings. The van der Waals surface area contributed by atoms with Gasteiger partial charge in [-0.05, 0) is 46.3 Å². The van der Waals surface area contributed by atoms with Crippen molar-refractivity contribution in [1.29, 1.82) is 0 Å². The Balaban J connectivity index is 1.70. The van der Waals surface area contributed by atoms with Crippen molar-refractivity contribution >= 4 is 39.0 Å². The van der Waals surface area contributed by atoms with Gasteiger partial charge in [0, 0.05) is 10.2 Å². The number of aromatic nitrogens is 2. The summed E-state index contributed by atoms with van der Waals surface area (Å²) in [6, 6.07) is 13.2. The standard InChI is InChI=1S/C17H12BrFN4O/c18-13-6-1-2-7-14(13)23-16-10-20-15(9-21-16)17(24)22-12-5-3-4-11(19)8-12/h1-10H,(H,21,23)(H,22,24). The molecule has 1 amide bonds. The molecular weight excluding hydrogens is 375 g/mol. The lowest BCUT2D eigenvalue weighted by atomic mass is 10.3. The largest absolute Gasteiger partial charge is 0.338 e. The number of rotatable bonds is 4. The van der Waals surface area contributed by atoms with E-state index in [1.165, 1.54) is 30.6 Å². The van der Waals surface area contributed by atoms with E-state index in [9.17, 15) is 9.18 Å². The molecule has 0 saturated heterocycles. The van der Waals surface area contributed by atoms with Crippen molar-refractivity contribution in [3.8, 4) is 0 Å². The molecule has 0 saturated carbocycles. The monoisotopic (exact) mass is 386 g/mol. The first kappa shape index (κ1) is 16.1. The van der Waals surface area contributed by atoms with Crippen LogP contribution >= 0.6 is 15.9 Å². The van der Waals surface area contributed by atoms with Crippen LogP contribution in [0.15, 0.2) is 65.4 Å². The highest BCUT2D eigenvalue weighted by Gasteiger charge is 2.09. The molecule has 0 bridgehead atoms. The van der Waals surface area contributed by atoms with Crippen molar-refractivity contribution in [2.75, 3.05) is 10.6 Å². The minimum Gasteiger partial charge on any atom is -0.338 e. The zero-order chi connectivity index (χ0) is 16.9. The van der Waals surface area contributed by atoms with Gasteiger partial charge in [0.15, 0.2) is 0 Å². The number of nitrogens with one attached hydrogen (secondary N) is 2. The zero-order valence-electron chi connectivity index (χ0n) is 12.3. The van der Waals surface area contributed by atoms with E-state index in [4.69, 9.17) is 0 Å². The predicted molar refractivity (Wildman–Crippen MR) is 93.8 cm³/mol. The molecule has 0 aliphatic rings. The average molecular weight is 387 g/mol. The first-order valence-corrected chi connectivity index (χ1v) is 7.81. The van der Waals surface area contributed by atoms with Crippen LogP contribution in [0.3, 0.4) is 0 Å². The van der Waals surface area contributed by atoms with Crippen molar-refractivity contribution in [2.45, 2.75) is 0 Å². The second-order valence-electron chi connectivity index (χ2n) is 4.86. The molecule has 0 aliphatic carbocycles. The van der Waals surface area contributed by atoms with Crippen LogP contribution in [0, 0.1) is 5.82 Å². The Kier molecular flexibility index (Phi) is 4.81. The summed E-state index contributed by atoms with van der Waals surface area (Å²) in [5.41, 5.74) is 1.33. The molecule has 24 heavy (non-hydrogen) atoms. The maximum absolute atomic E-state index is 13.1. The quantitative estimate of drug-likeness (QED) is 0.698. The summed E-state index contributed by atoms with van der Waals surface area (Å²) < 4.78 is 14.0. The molecule has 0 unspecified atom stereocenters. The molecule has 7 heteroatoms. The van der Waals surface area contributed by atoms with Gasteiger partial charge < -0.3 is 10.6 Å². The summed E-state index contributed by atoms with van der Waals surface area (Å²) in [5, 5.41) is 5.66. The summed E-state index contributed by atoms with van der Waals surface area (Å²) >= 11 is 3.43. The molecule has 2 N–H and O–H groups in total. The Morgan fingerprint density at radius 3 is 2.58 bits per heavy atom. The van der Waals surface area contributed by atoms with Crippen molar-refractivity contribution in [2.24, 2.45) is 0 Å². The molecule has 1 heterocycles. The van der Waals surface area contributed by atoms with E-state index in [0.717, 1.165) is 10.2 Å². The summed E-state index contributed by atoms with van der Waals surface area (Å²) in [6.45, 7) is 0. The van der Waals surface area contributed by atoms with Crippen LogP contribution in [0.5, 0.6) is 0 Å². The van der Waals surface area contributed by atoms with Crippen LogP contribution in [0.4, 0.5) is 21.6 Å². The number of hydrogen-bond acceptors (Lipinski definition) is 4. The van der Waals surface area contributed by atoms with Gasteiger partial charge in [0.05, 0.1) is 18.1 Å². The molecule has 2 aromatic carbocycles. The number of amides is 1. The summed E-state index contributed by atoms with van der Waals surface area (Å²) in [5.74, 6) is -0.378. The summed E-state index contributed by atoms with van der Waals surface area (Å²) in [6.07, 6.45) is 2.81. The number of para-hydroxylation sites is 1. The maximum Gasteiger partial charge on any atom is 0.275 e. The molecule has 0 fully saturated rings. The molecule has 3 rings (SSSR count). The van der Waals surface area contributed by atoms with E-state index in [1.54, 1.807) is 6.07 Å². The maximum atomic E-state index is 13.1. The molecule has 120 valence electrons. The number of hydrogen-bond donors (Lipinski definition) is 2. The van der Waals surface area contributed by atoms with E-state index < -0.39 is 11.7 Å². The van der Waals surface area contributed by atoms with Gasteiger partial charge in [-0.1, -0.05) is 18.2 Å². The van der Waals surface area contributed by atoms with Gasteiger partial charge in [-0.3, -0.25) is 4.79 Å². The smallest absolute Gasteiger partial charge is 0.275 e. The van der Waals surface area contributed by atoms with E-state index in [1.807, 2.05) is 24.3 Å². The van der Waals surface area contributed by atoms with E-state index in [2.05, 4.69) is 36.5 Å². The van der Waals surface area contributed by atoms with Gasteiger partial charge in [-0.2, -0.15) is 0 Å². The van der Waals surface area contributed by atoms with E-state index in [-0.39, 0.29) is 5.69 Å². The van der Waals surface area contributed by atoms with Crippen LogP contribution in [0.2, 0.25) is 0 Å². The molecular formula is C17H12BrFN4O. The second-order valence-corrected chi connectivity index (χ2v) is 5.71. The molecule has 0 atom stereocenters. The van der Waals surface area contributed by atoms with Crippen molar-refractivity contribution in [3.05, 3.63) is 76.9 Å². The number of carbonyl (C=O) groups is 1. The van der Waals surface area contributed by atoms with Gasteiger partial charge in [0.2, 0.25) is 0 Å². The second kappa shape index (κ2) is 7.18. The number of halogens is 2. The van der Waals surface area contributed by atoms with Crippen LogP contribution in [-0.4, -0.2) is 15.9 Å². The van der Waals surface area contributed by atoms with Gasteiger partial charge in [-0.25, -0.2) is 14.4 Å². The van der Waals surface area contributed by atoms with E-state index in [0.29, 0.717) is 11.5 Å². The Hall–Kier alpha value is -2.80. The zero-order valence-corrected chi connectivity index (χ0v) is 13.9. The first-order valence-electron chi connectivity index (χ1n) is 7.02. The average Bonchev–Trinajstić information content (AvgIpc) is 2.57. The van der Waals surface area contributed by atoms with Crippen LogP contribution in [0.1, 0.15) is 10.5 Å². The highest BCUT2D eigenvalue weighted by Crippen LogP contribution is 2.24. The third-order valence-electron chi connectivity index (χ3n) is 3.10. The normalized spacial score (nSPS) is 10.2. The van der Waals surface area contributed by atoms with E-state index >= 15 is 0 Å². The number of carbonyl (C=O) groups excluding carboxylic acids is 1. The minimum atomic E-state index is -0.458. The number of nitrogens with zero attached hydrogens (tertiary/aromatic N) is 2. The lowest BCUT2D eigenvalue weighted by molar-refractivity contribution is 0.102. The summed E-state index contributed by atoms with van der Waals surface area (Å²) in [4.78, 5) is 20.3. The number of anilines is 3. The van der Waals surface area contributed by atoms with Crippen molar-refractivity contribution in [1.82, 2.24) is 9.97 Å². The van der Waals surface area contributed by atoms with Gasteiger partial charge in [0.1, 0.15) is 17.3 Å². The van der Waals surface area contributed by atoms with Gasteiger partial charge in [0.25, 0.3) is 5.91 Å². The van der Waals surface area contributed by atoms with Crippen molar-refractivity contribution < 1.29 is 9.18 Å².